The van der Waals surface area contributed by atoms with Crippen LogP contribution in [-0.4, -0.2) is 15.0 Å². The molecule has 0 N–H and O–H groups in total. The van der Waals surface area contributed by atoms with Crippen LogP contribution in [0.3, 0.4) is 0 Å². The van der Waals surface area contributed by atoms with E-state index >= 15 is 0 Å². The molecule has 0 amide bonds. The minimum atomic E-state index is -4.18. The van der Waals surface area contributed by atoms with Crippen LogP contribution in [0, 0.1) is 0 Å². The van der Waals surface area contributed by atoms with Gasteiger partial charge in [0, 0.05) is 19.6 Å². The molecule has 16 heavy (non-hydrogen) atoms. The van der Waals surface area contributed by atoms with Gasteiger partial charge in [0.2, 0.25) is 0 Å². The molecule has 1 aromatic rings. The van der Waals surface area contributed by atoms with Crippen molar-refractivity contribution < 1.29 is 21.9 Å². The van der Waals surface area contributed by atoms with Crippen LogP contribution in [0.4, 0.5) is 8.78 Å². The van der Waals surface area contributed by atoms with Gasteiger partial charge in [-0.15, -0.1) is 0 Å². The third-order valence-corrected chi connectivity index (χ3v) is 4.15. The Bertz CT molecular complexity index is 507. The molecule has 9 heteroatoms. The van der Waals surface area contributed by atoms with Crippen molar-refractivity contribution in [2.75, 3.05) is 0 Å². The molecule has 0 aromatic heterocycles. The molecule has 0 bridgehead atoms. The molecule has 0 aliphatic heterocycles. The topological polar surface area (TPSA) is 43.4 Å². The zero-order valence-electron chi connectivity index (χ0n) is 7.25. The summed E-state index contributed by atoms with van der Waals surface area (Å²) in [6, 6.07) is 2.44. The number of halogens is 5. The van der Waals surface area contributed by atoms with Crippen LogP contribution in [0.2, 0.25) is 0 Å². The third kappa shape index (κ3) is 3.54. The van der Waals surface area contributed by atoms with Crippen molar-refractivity contribution in [2.45, 2.75) is 11.5 Å². The van der Waals surface area contributed by atoms with Crippen LogP contribution in [-0.2, 0) is 9.05 Å². The standard InChI is InChI=1S/C7H3Br2ClF2O3S/c8-3-1-4(9)6(16(10,13)14)5(2-3)15-7(11)12/h1-2,7H. The highest BCUT2D eigenvalue weighted by Gasteiger charge is 2.23. The zero-order valence-corrected chi connectivity index (χ0v) is 12.0. The van der Waals surface area contributed by atoms with E-state index in [4.69, 9.17) is 10.7 Å². The molecule has 3 nitrogen and oxygen atoms in total. The number of alkyl halides is 2. The number of hydrogen-bond acceptors (Lipinski definition) is 3. The summed E-state index contributed by atoms with van der Waals surface area (Å²) in [6.07, 6.45) is 0. The van der Waals surface area contributed by atoms with Crippen molar-refractivity contribution in [3.63, 3.8) is 0 Å². The highest BCUT2D eigenvalue weighted by Crippen LogP contribution is 2.37. The summed E-state index contributed by atoms with van der Waals surface area (Å²) >= 11 is 5.92. The normalized spacial score (nSPS) is 11.9. The van der Waals surface area contributed by atoms with Crippen LogP contribution < -0.4 is 4.74 Å². The van der Waals surface area contributed by atoms with Crippen LogP contribution in [0.15, 0.2) is 26.0 Å². The van der Waals surface area contributed by atoms with Crippen molar-refractivity contribution in [2.24, 2.45) is 0 Å². The fourth-order valence-electron chi connectivity index (χ4n) is 0.957. The van der Waals surface area contributed by atoms with E-state index in [0.29, 0.717) is 4.47 Å². The van der Waals surface area contributed by atoms with Gasteiger partial charge in [-0.05, 0) is 28.1 Å². The van der Waals surface area contributed by atoms with Crippen molar-refractivity contribution in [1.82, 2.24) is 0 Å². The molecule has 0 atom stereocenters. The first-order valence-corrected chi connectivity index (χ1v) is 7.50. The molecule has 0 unspecified atom stereocenters. The van der Waals surface area contributed by atoms with Crippen LogP contribution in [0.25, 0.3) is 0 Å². The zero-order chi connectivity index (χ0) is 12.5. The van der Waals surface area contributed by atoms with Crippen molar-refractivity contribution >= 4 is 51.6 Å². The van der Waals surface area contributed by atoms with Gasteiger partial charge in [-0.3, -0.25) is 0 Å². The fourth-order valence-corrected chi connectivity index (χ4v) is 4.18. The van der Waals surface area contributed by atoms with Gasteiger partial charge in [0.25, 0.3) is 9.05 Å². The quantitative estimate of drug-likeness (QED) is 0.726. The Kier molecular flexibility index (Phi) is 4.56. The second-order valence-corrected chi connectivity index (χ2v) is 6.80. The average Bonchev–Trinajstić information content (AvgIpc) is 1.96. The van der Waals surface area contributed by atoms with E-state index in [1.54, 1.807) is 0 Å². The maximum Gasteiger partial charge on any atom is 0.387 e. The molecular weight excluding hydrogens is 397 g/mol. The Morgan fingerprint density at radius 3 is 2.31 bits per heavy atom. The minimum Gasteiger partial charge on any atom is -0.433 e. The van der Waals surface area contributed by atoms with Crippen LogP contribution >= 0.6 is 42.5 Å². The maximum absolute atomic E-state index is 12.1. The Morgan fingerprint density at radius 1 is 1.31 bits per heavy atom. The van der Waals surface area contributed by atoms with Crippen molar-refractivity contribution in [3.8, 4) is 5.75 Å². The van der Waals surface area contributed by atoms with E-state index in [-0.39, 0.29) is 4.47 Å². The predicted octanol–water partition coefficient (Wildman–Crippen LogP) is 3.74. The van der Waals surface area contributed by atoms with Gasteiger partial charge in [0.1, 0.15) is 10.6 Å². The minimum absolute atomic E-state index is 0.0347. The summed E-state index contributed by atoms with van der Waals surface area (Å²) in [6.45, 7) is -3.14. The molecule has 0 aliphatic rings. The maximum atomic E-state index is 12.1. The summed E-state index contributed by atoms with van der Waals surface area (Å²) in [5.41, 5.74) is 0. The number of ether oxygens (including phenoxy) is 1. The van der Waals surface area contributed by atoms with Crippen LogP contribution in [0.5, 0.6) is 5.75 Å². The largest absolute Gasteiger partial charge is 0.433 e. The van der Waals surface area contributed by atoms with E-state index in [9.17, 15) is 17.2 Å². The Morgan fingerprint density at radius 2 is 1.88 bits per heavy atom. The lowest BCUT2D eigenvalue weighted by molar-refractivity contribution is -0.0518. The number of hydrogen-bond donors (Lipinski definition) is 0. The van der Waals surface area contributed by atoms with Gasteiger partial charge in [0.15, 0.2) is 0 Å². The highest BCUT2D eigenvalue weighted by molar-refractivity contribution is 9.11. The Labute approximate surface area is 111 Å². The molecule has 90 valence electrons. The molecule has 0 radical (unpaired) electrons. The summed E-state index contributed by atoms with van der Waals surface area (Å²) < 4.78 is 50.9. The number of rotatable bonds is 3. The lowest BCUT2D eigenvalue weighted by Gasteiger charge is -2.10. The Balaban J connectivity index is 3.45. The van der Waals surface area contributed by atoms with E-state index in [1.807, 2.05) is 0 Å². The molecule has 0 fully saturated rings. The summed E-state index contributed by atoms with van der Waals surface area (Å²) in [5, 5.41) is 0. The molecule has 0 saturated heterocycles. The molecular formula is C7H3Br2ClF2O3S. The number of benzene rings is 1. The van der Waals surface area contributed by atoms with Gasteiger partial charge >= 0.3 is 6.61 Å². The smallest absolute Gasteiger partial charge is 0.387 e. The highest BCUT2D eigenvalue weighted by atomic mass is 79.9. The monoisotopic (exact) mass is 398 g/mol. The van der Waals surface area contributed by atoms with Gasteiger partial charge in [-0.2, -0.15) is 8.78 Å². The van der Waals surface area contributed by atoms with Crippen LogP contribution in [0.1, 0.15) is 0 Å². The third-order valence-electron chi connectivity index (χ3n) is 1.43. The first kappa shape index (κ1) is 14.1. The molecule has 0 aliphatic carbocycles. The van der Waals surface area contributed by atoms with E-state index in [1.165, 1.54) is 6.07 Å². The molecule has 0 heterocycles. The molecule has 1 aromatic carbocycles. The second kappa shape index (κ2) is 5.16. The predicted molar refractivity (Wildman–Crippen MR) is 61.5 cm³/mol. The van der Waals surface area contributed by atoms with Gasteiger partial charge < -0.3 is 4.74 Å². The van der Waals surface area contributed by atoms with E-state index in [2.05, 4.69) is 36.6 Å². The molecule has 1 rings (SSSR count). The van der Waals surface area contributed by atoms with Gasteiger partial charge in [-0.1, -0.05) is 15.9 Å². The molecule has 0 spiro atoms. The summed E-state index contributed by atoms with van der Waals surface area (Å²) in [4.78, 5) is -0.530. The lowest BCUT2D eigenvalue weighted by atomic mass is 10.3. The van der Waals surface area contributed by atoms with Gasteiger partial charge in [0.05, 0.1) is 0 Å². The van der Waals surface area contributed by atoms with Gasteiger partial charge in [-0.25, -0.2) is 8.42 Å². The SMILES string of the molecule is O=S(=O)(Cl)c1c(Br)cc(Br)cc1OC(F)F. The summed E-state index contributed by atoms with van der Waals surface area (Å²) in [5.74, 6) is -0.522. The van der Waals surface area contributed by atoms with Crippen molar-refractivity contribution in [3.05, 3.63) is 21.1 Å². The van der Waals surface area contributed by atoms with Crippen molar-refractivity contribution in [1.29, 1.82) is 0 Å². The second-order valence-electron chi connectivity index (χ2n) is 2.53. The lowest BCUT2D eigenvalue weighted by Crippen LogP contribution is -2.06. The Hall–Kier alpha value is 0.0800. The van der Waals surface area contributed by atoms with E-state index < -0.39 is 26.3 Å². The summed E-state index contributed by atoms with van der Waals surface area (Å²) in [7, 11) is 0.926. The fraction of sp³-hybridized carbons (Fsp3) is 0.143. The first-order chi connectivity index (χ1) is 7.21. The van der Waals surface area contributed by atoms with E-state index in [0.717, 1.165) is 6.07 Å². The first-order valence-electron chi connectivity index (χ1n) is 3.60. The average molecular weight is 400 g/mol. The molecule has 0 saturated carbocycles.